The molecule has 108 valence electrons. The van der Waals surface area contributed by atoms with E-state index in [1.807, 2.05) is 13.0 Å². The second-order valence-corrected chi connectivity index (χ2v) is 5.37. The Hall–Kier alpha value is -1.88. The summed E-state index contributed by atoms with van der Waals surface area (Å²) in [5.41, 5.74) is -0.103. The van der Waals surface area contributed by atoms with E-state index >= 15 is 0 Å². The fourth-order valence-corrected chi connectivity index (χ4v) is 2.47. The minimum atomic E-state index is -1.05. The highest BCUT2D eigenvalue weighted by Gasteiger charge is 2.36. The van der Waals surface area contributed by atoms with Crippen molar-refractivity contribution in [1.29, 1.82) is 0 Å². The van der Waals surface area contributed by atoms with Gasteiger partial charge >= 0.3 is 5.97 Å². The lowest BCUT2D eigenvalue weighted by molar-refractivity contribution is -0.143. The SMILES string of the molecule is CC1(C(=O)N[C@H](C(=O)O)c2ccccc2)CCCCN1. The molecule has 0 radical (unpaired) electrons. The first-order chi connectivity index (χ1) is 9.53. The van der Waals surface area contributed by atoms with Crippen LogP contribution < -0.4 is 10.6 Å². The lowest BCUT2D eigenvalue weighted by Gasteiger charge is -2.34. The summed E-state index contributed by atoms with van der Waals surface area (Å²) in [5, 5.41) is 15.2. The van der Waals surface area contributed by atoms with E-state index in [0.717, 1.165) is 25.8 Å². The molecule has 1 saturated heterocycles. The van der Waals surface area contributed by atoms with Crippen LogP contribution in [-0.4, -0.2) is 29.1 Å². The van der Waals surface area contributed by atoms with Crippen LogP contribution in [0.25, 0.3) is 0 Å². The number of hydrogen-bond donors (Lipinski definition) is 3. The third kappa shape index (κ3) is 3.17. The van der Waals surface area contributed by atoms with Gasteiger partial charge in [-0.1, -0.05) is 30.3 Å². The molecule has 1 fully saturated rings. The molecule has 2 atom stereocenters. The van der Waals surface area contributed by atoms with Crippen LogP contribution in [0, 0.1) is 0 Å². The minimum absolute atomic E-state index is 0.256. The van der Waals surface area contributed by atoms with Crippen LogP contribution in [0.2, 0.25) is 0 Å². The van der Waals surface area contributed by atoms with Gasteiger partial charge in [-0.2, -0.15) is 0 Å². The zero-order valence-electron chi connectivity index (χ0n) is 11.6. The number of carbonyl (C=O) groups excluding carboxylic acids is 1. The summed E-state index contributed by atoms with van der Waals surface area (Å²) in [5.74, 6) is -1.31. The number of piperidine rings is 1. The van der Waals surface area contributed by atoms with Crippen molar-refractivity contribution in [2.75, 3.05) is 6.54 Å². The molecular weight excluding hydrogens is 256 g/mol. The van der Waals surface area contributed by atoms with E-state index in [-0.39, 0.29) is 5.91 Å². The number of rotatable bonds is 4. The highest BCUT2D eigenvalue weighted by molar-refractivity contribution is 5.90. The van der Waals surface area contributed by atoms with Crippen molar-refractivity contribution in [3.05, 3.63) is 35.9 Å². The molecule has 0 bridgehead atoms. The van der Waals surface area contributed by atoms with Crippen LogP contribution in [0.4, 0.5) is 0 Å². The summed E-state index contributed by atoms with van der Waals surface area (Å²) < 4.78 is 0. The summed E-state index contributed by atoms with van der Waals surface area (Å²) in [6.45, 7) is 2.61. The molecule has 1 aliphatic rings. The van der Waals surface area contributed by atoms with Crippen molar-refractivity contribution in [2.45, 2.75) is 37.8 Å². The second kappa shape index (κ2) is 6.05. The first-order valence-electron chi connectivity index (χ1n) is 6.87. The lowest BCUT2D eigenvalue weighted by atomic mass is 9.89. The van der Waals surface area contributed by atoms with Gasteiger partial charge in [0.15, 0.2) is 6.04 Å². The van der Waals surface area contributed by atoms with Gasteiger partial charge in [-0.15, -0.1) is 0 Å². The predicted molar refractivity (Wildman–Crippen MR) is 75.2 cm³/mol. The Morgan fingerprint density at radius 2 is 2.00 bits per heavy atom. The Kier molecular flexibility index (Phi) is 4.39. The van der Waals surface area contributed by atoms with E-state index in [0.29, 0.717) is 5.56 Å². The first-order valence-corrected chi connectivity index (χ1v) is 6.87. The van der Waals surface area contributed by atoms with Gasteiger partial charge in [-0.05, 0) is 38.3 Å². The van der Waals surface area contributed by atoms with Gasteiger partial charge in [0.2, 0.25) is 5.91 Å². The normalized spacial score (nSPS) is 23.9. The van der Waals surface area contributed by atoms with Gasteiger partial charge in [0.05, 0.1) is 5.54 Å². The molecule has 1 aromatic carbocycles. The van der Waals surface area contributed by atoms with E-state index in [9.17, 15) is 14.7 Å². The summed E-state index contributed by atoms with van der Waals surface area (Å²) in [4.78, 5) is 23.8. The van der Waals surface area contributed by atoms with Crippen LogP contribution in [0.15, 0.2) is 30.3 Å². The molecular formula is C15H20N2O3. The smallest absolute Gasteiger partial charge is 0.330 e. The van der Waals surface area contributed by atoms with Crippen molar-refractivity contribution in [3.63, 3.8) is 0 Å². The molecule has 0 aliphatic carbocycles. The number of nitrogens with one attached hydrogen (secondary N) is 2. The maximum atomic E-state index is 12.4. The zero-order valence-corrected chi connectivity index (χ0v) is 11.6. The molecule has 0 aromatic heterocycles. The van der Waals surface area contributed by atoms with E-state index in [1.54, 1.807) is 24.3 Å². The van der Waals surface area contributed by atoms with Crippen LogP contribution in [0.5, 0.6) is 0 Å². The van der Waals surface area contributed by atoms with Gasteiger partial charge in [-0.25, -0.2) is 4.79 Å². The maximum Gasteiger partial charge on any atom is 0.330 e. The Labute approximate surface area is 118 Å². The largest absolute Gasteiger partial charge is 0.479 e. The molecule has 1 amide bonds. The number of carboxylic acid groups (broad SMARTS) is 1. The summed E-state index contributed by atoms with van der Waals surface area (Å²) in [6, 6.07) is 7.74. The fraction of sp³-hybridized carbons (Fsp3) is 0.467. The Morgan fingerprint density at radius 1 is 1.30 bits per heavy atom. The van der Waals surface area contributed by atoms with Gasteiger partial charge in [0.25, 0.3) is 0 Å². The molecule has 1 aromatic rings. The van der Waals surface area contributed by atoms with Gasteiger partial charge in [0, 0.05) is 0 Å². The molecule has 3 N–H and O–H groups in total. The van der Waals surface area contributed by atoms with Crippen molar-refractivity contribution in [1.82, 2.24) is 10.6 Å². The van der Waals surface area contributed by atoms with E-state index in [1.165, 1.54) is 0 Å². The number of hydrogen-bond acceptors (Lipinski definition) is 3. The molecule has 1 aliphatic heterocycles. The molecule has 5 nitrogen and oxygen atoms in total. The minimum Gasteiger partial charge on any atom is -0.479 e. The molecule has 1 unspecified atom stereocenters. The quantitative estimate of drug-likeness (QED) is 0.778. The standard InChI is InChI=1S/C15H20N2O3/c1-15(9-5-6-10-16-15)14(20)17-12(13(18)19)11-7-3-2-4-8-11/h2-4,7-8,12,16H,5-6,9-10H2,1H3,(H,17,20)(H,18,19)/t12-,15?/m0/s1. The van der Waals surface area contributed by atoms with Gasteiger partial charge in [-0.3, -0.25) is 4.79 Å². The molecule has 5 heteroatoms. The van der Waals surface area contributed by atoms with Crippen molar-refractivity contribution >= 4 is 11.9 Å². The summed E-state index contributed by atoms with van der Waals surface area (Å²) in [6.07, 6.45) is 2.74. The van der Waals surface area contributed by atoms with E-state index in [2.05, 4.69) is 10.6 Å². The highest BCUT2D eigenvalue weighted by Crippen LogP contribution is 2.21. The van der Waals surface area contributed by atoms with Crippen molar-refractivity contribution in [2.24, 2.45) is 0 Å². The number of carboxylic acids is 1. The van der Waals surface area contributed by atoms with Gasteiger partial charge in [0.1, 0.15) is 0 Å². The van der Waals surface area contributed by atoms with E-state index in [4.69, 9.17) is 0 Å². The zero-order chi connectivity index (χ0) is 14.6. The first kappa shape index (κ1) is 14.5. The lowest BCUT2D eigenvalue weighted by Crippen LogP contribution is -2.58. The Balaban J connectivity index is 2.12. The monoisotopic (exact) mass is 276 g/mol. The maximum absolute atomic E-state index is 12.4. The van der Waals surface area contributed by atoms with Gasteiger partial charge < -0.3 is 15.7 Å². The molecule has 0 saturated carbocycles. The molecule has 20 heavy (non-hydrogen) atoms. The van der Waals surface area contributed by atoms with Crippen LogP contribution in [0.1, 0.15) is 37.8 Å². The van der Waals surface area contributed by atoms with Crippen LogP contribution in [-0.2, 0) is 9.59 Å². The molecule has 1 heterocycles. The number of aliphatic carboxylic acids is 1. The van der Waals surface area contributed by atoms with Crippen molar-refractivity contribution < 1.29 is 14.7 Å². The topological polar surface area (TPSA) is 78.4 Å². The van der Waals surface area contributed by atoms with E-state index < -0.39 is 17.6 Å². The fourth-order valence-electron chi connectivity index (χ4n) is 2.47. The molecule has 2 rings (SSSR count). The average molecular weight is 276 g/mol. The number of carbonyl (C=O) groups is 2. The molecule has 0 spiro atoms. The highest BCUT2D eigenvalue weighted by atomic mass is 16.4. The second-order valence-electron chi connectivity index (χ2n) is 5.37. The summed E-state index contributed by atoms with van der Waals surface area (Å²) >= 11 is 0. The number of benzene rings is 1. The van der Waals surface area contributed by atoms with Crippen LogP contribution in [0.3, 0.4) is 0 Å². The number of amides is 1. The van der Waals surface area contributed by atoms with Crippen LogP contribution >= 0.6 is 0 Å². The Morgan fingerprint density at radius 3 is 2.55 bits per heavy atom. The third-order valence-corrected chi connectivity index (χ3v) is 3.78. The Bertz CT molecular complexity index is 481. The third-order valence-electron chi connectivity index (χ3n) is 3.78. The van der Waals surface area contributed by atoms with Crippen molar-refractivity contribution in [3.8, 4) is 0 Å². The average Bonchev–Trinajstić information content (AvgIpc) is 2.45. The summed E-state index contributed by atoms with van der Waals surface area (Å²) in [7, 11) is 0. The predicted octanol–water partition coefficient (Wildman–Crippen LogP) is 1.46.